The highest BCUT2D eigenvalue weighted by atomic mass is 32.1. The van der Waals surface area contributed by atoms with Gasteiger partial charge in [-0.3, -0.25) is 0 Å². The van der Waals surface area contributed by atoms with E-state index in [0.717, 1.165) is 16.0 Å². The van der Waals surface area contributed by atoms with Crippen molar-refractivity contribution in [2.24, 2.45) is 0 Å². The molecule has 1 atom stereocenters. The summed E-state index contributed by atoms with van der Waals surface area (Å²) in [5, 5.41) is 6.65. The van der Waals surface area contributed by atoms with Gasteiger partial charge in [0.05, 0.1) is 11.4 Å². The second-order valence-electron chi connectivity index (χ2n) is 5.02. The van der Waals surface area contributed by atoms with Gasteiger partial charge < -0.3 is 5.32 Å². The highest BCUT2D eigenvalue weighted by molar-refractivity contribution is 7.16. The van der Waals surface area contributed by atoms with Crippen molar-refractivity contribution in [1.29, 1.82) is 0 Å². The molecule has 20 heavy (non-hydrogen) atoms. The Labute approximate surface area is 122 Å². The largest absolute Gasteiger partial charge is 0.363 e. The second kappa shape index (κ2) is 5.21. The molecule has 0 saturated carbocycles. The summed E-state index contributed by atoms with van der Waals surface area (Å²) in [5.74, 6) is 0.907. The van der Waals surface area contributed by atoms with Crippen molar-refractivity contribution in [2.45, 2.75) is 26.8 Å². The third kappa shape index (κ3) is 2.27. The Morgan fingerprint density at radius 2 is 2.00 bits per heavy atom. The number of fused-ring (bicyclic) bond motifs is 1. The normalized spacial score (nSPS) is 12.6. The first-order chi connectivity index (χ1) is 9.66. The molecule has 0 spiro atoms. The van der Waals surface area contributed by atoms with Gasteiger partial charge in [0.25, 0.3) is 0 Å². The summed E-state index contributed by atoms with van der Waals surface area (Å²) < 4.78 is 0. The topological polar surface area (TPSA) is 37.8 Å². The third-order valence-electron chi connectivity index (χ3n) is 3.73. The van der Waals surface area contributed by atoms with E-state index in [4.69, 9.17) is 0 Å². The van der Waals surface area contributed by atoms with Gasteiger partial charge >= 0.3 is 0 Å². The van der Waals surface area contributed by atoms with Gasteiger partial charge in [0.1, 0.15) is 17.0 Å². The van der Waals surface area contributed by atoms with Gasteiger partial charge in [0.2, 0.25) is 0 Å². The number of anilines is 1. The molecular formula is C16H17N3S. The van der Waals surface area contributed by atoms with Gasteiger partial charge in [-0.15, -0.1) is 11.3 Å². The van der Waals surface area contributed by atoms with Crippen LogP contribution in [0, 0.1) is 13.8 Å². The van der Waals surface area contributed by atoms with Crippen LogP contribution in [-0.2, 0) is 0 Å². The number of hydrogen-bond donors (Lipinski definition) is 1. The van der Waals surface area contributed by atoms with E-state index in [2.05, 4.69) is 60.3 Å². The number of nitrogens with zero attached hydrogens (tertiary/aromatic N) is 2. The van der Waals surface area contributed by atoms with E-state index in [1.807, 2.05) is 5.38 Å². The predicted octanol–water partition coefficient (Wildman–Crippen LogP) is 4.48. The first kappa shape index (κ1) is 13.1. The zero-order valence-corrected chi connectivity index (χ0v) is 12.7. The maximum atomic E-state index is 4.38. The quantitative estimate of drug-likeness (QED) is 0.770. The van der Waals surface area contributed by atoms with Crippen molar-refractivity contribution < 1.29 is 0 Å². The van der Waals surface area contributed by atoms with Crippen molar-refractivity contribution in [3.05, 3.63) is 52.7 Å². The fraction of sp³-hybridized carbons (Fsp3) is 0.250. The Hall–Kier alpha value is -1.94. The van der Waals surface area contributed by atoms with Crippen LogP contribution in [0.4, 0.5) is 5.82 Å². The molecule has 0 aliphatic heterocycles. The summed E-state index contributed by atoms with van der Waals surface area (Å²) in [7, 11) is 0. The number of aromatic nitrogens is 2. The molecule has 2 heterocycles. The summed E-state index contributed by atoms with van der Waals surface area (Å²) in [6.07, 6.45) is 1.62. The van der Waals surface area contributed by atoms with Gasteiger partial charge in [0.15, 0.2) is 0 Å². The molecule has 0 radical (unpaired) electrons. The maximum Gasteiger partial charge on any atom is 0.138 e. The molecule has 0 amide bonds. The average molecular weight is 283 g/mol. The van der Waals surface area contributed by atoms with Crippen LogP contribution in [0.5, 0.6) is 0 Å². The van der Waals surface area contributed by atoms with E-state index >= 15 is 0 Å². The van der Waals surface area contributed by atoms with Crippen LogP contribution in [0.2, 0.25) is 0 Å². The van der Waals surface area contributed by atoms with Crippen molar-refractivity contribution in [3.63, 3.8) is 0 Å². The minimum absolute atomic E-state index is 0.216. The highest BCUT2D eigenvalue weighted by Crippen LogP contribution is 2.28. The van der Waals surface area contributed by atoms with Crippen LogP contribution in [0.1, 0.15) is 29.7 Å². The van der Waals surface area contributed by atoms with Gasteiger partial charge in [-0.25, -0.2) is 9.97 Å². The van der Waals surface area contributed by atoms with Crippen LogP contribution in [-0.4, -0.2) is 9.97 Å². The van der Waals surface area contributed by atoms with Crippen molar-refractivity contribution in [1.82, 2.24) is 9.97 Å². The average Bonchev–Trinajstić information content (AvgIpc) is 2.91. The van der Waals surface area contributed by atoms with Crippen LogP contribution < -0.4 is 5.32 Å². The summed E-state index contributed by atoms with van der Waals surface area (Å²) in [4.78, 5) is 9.69. The Morgan fingerprint density at radius 1 is 1.15 bits per heavy atom. The van der Waals surface area contributed by atoms with E-state index in [1.165, 1.54) is 16.7 Å². The number of rotatable bonds is 3. The molecule has 0 aliphatic carbocycles. The van der Waals surface area contributed by atoms with Crippen LogP contribution in [0.3, 0.4) is 0 Å². The maximum absolute atomic E-state index is 4.38. The standard InChI is InChI=1S/C16H17N3S/c1-10-5-4-6-13(11(10)2)12(3)19-15-14-7-8-20-16(14)18-9-17-15/h4-9,12H,1-3H3,(H,17,18,19). The SMILES string of the molecule is Cc1cccc(C(C)Nc2ncnc3sccc23)c1C. The Kier molecular flexibility index (Phi) is 3.40. The van der Waals surface area contributed by atoms with Crippen LogP contribution in [0.25, 0.3) is 10.2 Å². The molecule has 3 nitrogen and oxygen atoms in total. The van der Waals surface area contributed by atoms with Crippen molar-refractivity contribution in [2.75, 3.05) is 5.32 Å². The second-order valence-corrected chi connectivity index (χ2v) is 5.91. The monoisotopic (exact) mass is 283 g/mol. The molecule has 4 heteroatoms. The lowest BCUT2D eigenvalue weighted by atomic mass is 9.98. The molecule has 0 fully saturated rings. The highest BCUT2D eigenvalue weighted by Gasteiger charge is 2.12. The van der Waals surface area contributed by atoms with Gasteiger partial charge in [-0.05, 0) is 48.9 Å². The van der Waals surface area contributed by atoms with Crippen LogP contribution >= 0.6 is 11.3 Å². The van der Waals surface area contributed by atoms with E-state index in [-0.39, 0.29) is 6.04 Å². The lowest BCUT2D eigenvalue weighted by molar-refractivity contribution is 0.863. The zero-order valence-electron chi connectivity index (χ0n) is 11.8. The third-order valence-corrected chi connectivity index (χ3v) is 4.55. The molecule has 0 bridgehead atoms. The Bertz CT molecular complexity index is 748. The molecular weight excluding hydrogens is 266 g/mol. The molecule has 3 aromatic rings. The minimum atomic E-state index is 0.216. The van der Waals surface area contributed by atoms with Gasteiger partial charge in [-0.1, -0.05) is 18.2 Å². The summed E-state index contributed by atoms with van der Waals surface area (Å²) in [6, 6.07) is 8.71. The van der Waals surface area contributed by atoms with E-state index in [1.54, 1.807) is 17.7 Å². The molecule has 0 aliphatic rings. The summed E-state index contributed by atoms with van der Waals surface area (Å²) in [5.41, 5.74) is 3.97. The molecule has 3 rings (SSSR count). The molecule has 1 aromatic carbocycles. The molecule has 2 aromatic heterocycles. The summed E-state index contributed by atoms with van der Waals surface area (Å²) >= 11 is 1.64. The smallest absolute Gasteiger partial charge is 0.138 e. The lowest BCUT2D eigenvalue weighted by Gasteiger charge is -2.18. The zero-order chi connectivity index (χ0) is 14.1. The fourth-order valence-corrected chi connectivity index (χ4v) is 3.16. The number of hydrogen-bond acceptors (Lipinski definition) is 4. The number of nitrogens with one attached hydrogen (secondary N) is 1. The fourth-order valence-electron chi connectivity index (χ4n) is 2.43. The van der Waals surface area contributed by atoms with Gasteiger partial charge in [0, 0.05) is 0 Å². The predicted molar refractivity (Wildman–Crippen MR) is 85.4 cm³/mol. The van der Waals surface area contributed by atoms with E-state index < -0.39 is 0 Å². The molecule has 0 saturated heterocycles. The van der Waals surface area contributed by atoms with Crippen molar-refractivity contribution in [3.8, 4) is 0 Å². The molecule has 1 unspecified atom stereocenters. The first-order valence-corrected chi connectivity index (χ1v) is 7.55. The number of thiophene rings is 1. The van der Waals surface area contributed by atoms with E-state index in [9.17, 15) is 0 Å². The number of aryl methyl sites for hydroxylation is 1. The van der Waals surface area contributed by atoms with Gasteiger partial charge in [-0.2, -0.15) is 0 Å². The number of benzene rings is 1. The lowest BCUT2D eigenvalue weighted by Crippen LogP contribution is -2.10. The van der Waals surface area contributed by atoms with E-state index in [0.29, 0.717) is 0 Å². The Morgan fingerprint density at radius 3 is 2.85 bits per heavy atom. The minimum Gasteiger partial charge on any atom is -0.363 e. The first-order valence-electron chi connectivity index (χ1n) is 6.67. The molecule has 1 N–H and O–H groups in total. The Balaban J connectivity index is 1.94. The summed E-state index contributed by atoms with van der Waals surface area (Å²) in [6.45, 7) is 6.48. The van der Waals surface area contributed by atoms with Crippen LogP contribution in [0.15, 0.2) is 36.0 Å². The van der Waals surface area contributed by atoms with Crippen molar-refractivity contribution >= 4 is 27.4 Å². The molecule has 102 valence electrons.